The monoisotopic (exact) mass is 256 g/mol. The van der Waals surface area contributed by atoms with Crippen molar-refractivity contribution in [1.29, 1.82) is 0 Å². The predicted octanol–water partition coefficient (Wildman–Crippen LogP) is 5.31. The summed E-state index contributed by atoms with van der Waals surface area (Å²) in [4.78, 5) is 0. The average molecular weight is 256 g/mol. The van der Waals surface area contributed by atoms with E-state index in [9.17, 15) is 0 Å². The molecular weight excluding hydrogens is 236 g/mol. The van der Waals surface area contributed by atoms with Gasteiger partial charge in [0.15, 0.2) is 0 Å². The molecule has 0 amide bonds. The zero-order valence-corrected chi connectivity index (χ0v) is 12.1. The van der Waals surface area contributed by atoms with E-state index in [1.807, 2.05) is 11.8 Å². The maximum absolute atomic E-state index is 2.27. The fourth-order valence-corrected chi connectivity index (χ4v) is 3.23. The van der Waals surface area contributed by atoms with Crippen LogP contribution in [0.4, 0.5) is 0 Å². The Balaban J connectivity index is 2.36. The molecule has 0 saturated heterocycles. The van der Waals surface area contributed by atoms with Crippen LogP contribution in [0.3, 0.4) is 0 Å². The van der Waals surface area contributed by atoms with Crippen molar-refractivity contribution in [2.24, 2.45) is 0 Å². The number of benzene rings is 2. The van der Waals surface area contributed by atoms with Crippen LogP contribution in [0.2, 0.25) is 0 Å². The molecule has 0 aliphatic carbocycles. The van der Waals surface area contributed by atoms with E-state index >= 15 is 0 Å². The van der Waals surface area contributed by atoms with E-state index < -0.39 is 0 Å². The normalized spacial score (nSPS) is 11.8. The van der Waals surface area contributed by atoms with Crippen LogP contribution >= 0.6 is 11.8 Å². The van der Waals surface area contributed by atoms with Crippen LogP contribution in [-0.2, 0) is 0 Å². The van der Waals surface area contributed by atoms with Crippen LogP contribution in [0, 0.1) is 0 Å². The van der Waals surface area contributed by atoms with Gasteiger partial charge in [-0.05, 0) is 11.1 Å². The average Bonchev–Trinajstić information content (AvgIpc) is 2.37. The Kier molecular flexibility index (Phi) is 4.13. The van der Waals surface area contributed by atoms with Gasteiger partial charge in [0.1, 0.15) is 0 Å². The molecule has 0 nitrogen and oxygen atoms in total. The third-order valence-electron chi connectivity index (χ3n) is 2.68. The third-order valence-corrected chi connectivity index (χ3v) is 4.16. The Bertz CT molecular complexity index is 428. The molecule has 0 atom stereocenters. The molecule has 0 aromatic heterocycles. The van der Waals surface area contributed by atoms with E-state index in [-0.39, 0.29) is 4.75 Å². The van der Waals surface area contributed by atoms with E-state index in [1.54, 1.807) is 0 Å². The second kappa shape index (κ2) is 5.62. The summed E-state index contributed by atoms with van der Waals surface area (Å²) in [6, 6.07) is 21.5. The van der Waals surface area contributed by atoms with Crippen molar-refractivity contribution in [3.8, 4) is 0 Å². The van der Waals surface area contributed by atoms with Gasteiger partial charge in [-0.25, -0.2) is 0 Å². The van der Waals surface area contributed by atoms with E-state index in [0.717, 1.165) is 0 Å². The van der Waals surface area contributed by atoms with E-state index in [1.165, 1.54) is 11.1 Å². The van der Waals surface area contributed by atoms with Crippen LogP contribution in [0.5, 0.6) is 0 Å². The van der Waals surface area contributed by atoms with E-state index in [4.69, 9.17) is 0 Å². The van der Waals surface area contributed by atoms with Crippen molar-refractivity contribution in [3.05, 3.63) is 71.8 Å². The highest BCUT2D eigenvalue weighted by atomic mass is 32.2. The molecule has 1 heteroatoms. The topological polar surface area (TPSA) is 0 Å². The first-order valence-electron chi connectivity index (χ1n) is 6.34. The predicted molar refractivity (Wildman–Crippen MR) is 82.1 cm³/mol. The lowest BCUT2D eigenvalue weighted by molar-refractivity contribution is 0.797. The first-order valence-corrected chi connectivity index (χ1v) is 7.22. The van der Waals surface area contributed by atoms with Gasteiger partial charge in [-0.3, -0.25) is 0 Å². The fourth-order valence-electron chi connectivity index (χ4n) is 1.94. The summed E-state index contributed by atoms with van der Waals surface area (Å²) in [5, 5.41) is 0.410. The number of rotatable bonds is 3. The van der Waals surface area contributed by atoms with Crippen molar-refractivity contribution in [3.63, 3.8) is 0 Å². The maximum Gasteiger partial charge on any atom is 0.0551 e. The molecule has 0 N–H and O–H groups in total. The van der Waals surface area contributed by atoms with Gasteiger partial charge in [-0.15, -0.1) is 11.8 Å². The quantitative estimate of drug-likeness (QED) is 0.717. The first-order chi connectivity index (χ1) is 8.56. The first kappa shape index (κ1) is 13.2. The molecule has 18 heavy (non-hydrogen) atoms. The summed E-state index contributed by atoms with van der Waals surface area (Å²) in [5.41, 5.74) is 2.76. The minimum absolute atomic E-state index is 0.246. The SMILES string of the molecule is CC(C)(C)SC(c1ccccc1)c1ccccc1. The fraction of sp³-hybridized carbons (Fsp3) is 0.294. The smallest absolute Gasteiger partial charge is 0.0551 e. The van der Waals surface area contributed by atoms with Gasteiger partial charge in [0.05, 0.1) is 5.25 Å². The second-order valence-electron chi connectivity index (χ2n) is 5.43. The highest BCUT2D eigenvalue weighted by Crippen LogP contribution is 2.42. The van der Waals surface area contributed by atoms with Crippen molar-refractivity contribution in [2.75, 3.05) is 0 Å². The van der Waals surface area contributed by atoms with Crippen molar-refractivity contribution < 1.29 is 0 Å². The van der Waals surface area contributed by atoms with Gasteiger partial charge < -0.3 is 0 Å². The Hall–Kier alpha value is -1.21. The minimum atomic E-state index is 0.246. The molecule has 0 aliphatic rings. The Morgan fingerprint density at radius 2 is 1.11 bits per heavy atom. The van der Waals surface area contributed by atoms with Crippen LogP contribution in [-0.4, -0.2) is 4.75 Å². The van der Waals surface area contributed by atoms with Gasteiger partial charge in [0.25, 0.3) is 0 Å². The second-order valence-corrected chi connectivity index (χ2v) is 7.36. The molecule has 0 unspecified atom stereocenters. The Morgan fingerprint density at radius 1 is 0.722 bits per heavy atom. The highest BCUT2D eigenvalue weighted by Gasteiger charge is 2.21. The minimum Gasteiger partial charge on any atom is -0.143 e. The molecule has 0 fully saturated rings. The Morgan fingerprint density at radius 3 is 1.44 bits per heavy atom. The van der Waals surface area contributed by atoms with Gasteiger partial charge in [-0.2, -0.15) is 0 Å². The Labute approximate surface area is 114 Å². The molecule has 2 aromatic carbocycles. The lowest BCUT2D eigenvalue weighted by atomic mass is 10.0. The van der Waals surface area contributed by atoms with Gasteiger partial charge in [-0.1, -0.05) is 81.4 Å². The van der Waals surface area contributed by atoms with Gasteiger partial charge in [0.2, 0.25) is 0 Å². The molecule has 2 aromatic rings. The molecule has 0 aliphatic heterocycles. The highest BCUT2D eigenvalue weighted by molar-refractivity contribution is 8.01. The largest absolute Gasteiger partial charge is 0.143 e. The van der Waals surface area contributed by atoms with Crippen LogP contribution in [0.15, 0.2) is 60.7 Å². The molecule has 0 radical (unpaired) electrons. The lowest BCUT2D eigenvalue weighted by Crippen LogP contribution is -2.12. The van der Waals surface area contributed by atoms with Crippen LogP contribution < -0.4 is 0 Å². The summed E-state index contributed by atoms with van der Waals surface area (Å²) in [6.45, 7) is 6.82. The van der Waals surface area contributed by atoms with Crippen LogP contribution in [0.25, 0.3) is 0 Å². The summed E-state index contributed by atoms with van der Waals surface area (Å²) < 4.78 is 0.246. The number of hydrogen-bond donors (Lipinski definition) is 0. The lowest BCUT2D eigenvalue weighted by Gasteiger charge is -2.26. The van der Waals surface area contributed by atoms with Crippen LogP contribution in [0.1, 0.15) is 37.1 Å². The third kappa shape index (κ3) is 3.64. The standard InChI is InChI=1S/C17H20S/c1-17(2,3)18-16(14-10-6-4-7-11-14)15-12-8-5-9-13-15/h4-13,16H,1-3H3. The summed E-state index contributed by atoms with van der Waals surface area (Å²) in [5.74, 6) is 0. The molecule has 0 spiro atoms. The van der Waals surface area contributed by atoms with Crippen molar-refractivity contribution >= 4 is 11.8 Å². The van der Waals surface area contributed by atoms with Crippen molar-refractivity contribution in [1.82, 2.24) is 0 Å². The summed E-state index contributed by atoms with van der Waals surface area (Å²) >= 11 is 2.01. The zero-order chi connectivity index (χ0) is 13.0. The summed E-state index contributed by atoms with van der Waals surface area (Å²) in [6.07, 6.45) is 0. The molecule has 94 valence electrons. The molecule has 2 rings (SSSR count). The molecule has 0 bridgehead atoms. The maximum atomic E-state index is 2.27. The number of hydrogen-bond acceptors (Lipinski definition) is 1. The molecular formula is C17H20S. The number of thioether (sulfide) groups is 1. The zero-order valence-electron chi connectivity index (χ0n) is 11.3. The van der Waals surface area contributed by atoms with E-state index in [0.29, 0.717) is 5.25 Å². The van der Waals surface area contributed by atoms with Gasteiger partial charge in [0, 0.05) is 4.75 Å². The van der Waals surface area contributed by atoms with Gasteiger partial charge >= 0.3 is 0 Å². The molecule has 0 saturated carbocycles. The summed E-state index contributed by atoms with van der Waals surface area (Å²) in [7, 11) is 0. The van der Waals surface area contributed by atoms with Crippen molar-refractivity contribution in [2.45, 2.75) is 30.8 Å². The van der Waals surface area contributed by atoms with E-state index in [2.05, 4.69) is 81.4 Å². The molecule has 0 heterocycles.